The van der Waals surface area contributed by atoms with Gasteiger partial charge >= 0.3 is 5.97 Å². The smallest absolute Gasteiger partial charge is 0.345 e. The fourth-order valence-corrected chi connectivity index (χ4v) is 5.41. The van der Waals surface area contributed by atoms with Crippen LogP contribution in [0, 0.1) is 0 Å². The van der Waals surface area contributed by atoms with Gasteiger partial charge in [0.25, 0.3) is 10.0 Å². The Hall–Kier alpha value is -1.45. The summed E-state index contributed by atoms with van der Waals surface area (Å²) in [6.45, 7) is 0. The second-order valence-electron chi connectivity index (χ2n) is 4.27. The highest BCUT2D eigenvalue weighted by molar-refractivity contribution is 7.94. The van der Waals surface area contributed by atoms with Crippen molar-refractivity contribution in [2.45, 2.75) is 23.5 Å². The molecule has 20 heavy (non-hydrogen) atoms. The van der Waals surface area contributed by atoms with Crippen molar-refractivity contribution >= 4 is 43.8 Å². The maximum absolute atomic E-state index is 12.1. The van der Waals surface area contributed by atoms with Crippen LogP contribution < -0.4 is 4.72 Å². The highest BCUT2D eigenvalue weighted by atomic mass is 32.2. The molecule has 0 unspecified atom stereocenters. The number of anilines is 1. The summed E-state index contributed by atoms with van der Waals surface area (Å²) in [5.41, 5.74) is 0.963. The molecule has 0 fully saturated rings. The number of hydrogen-bond donors (Lipinski definition) is 2. The molecule has 0 aliphatic heterocycles. The number of aryl methyl sites for hydroxylation is 2. The van der Waals surface area contributed by atoms with E-state index in [9.17, 15) is 13.2 Å². The maximum Gasteiger partial charge on any atom is 0.345 e. The minimum absolute atomic E-state index is 0.00740. The lowest BCUT2D eigenvalue weighted by Gasteiger charge is -2.01. The lowest BCUT2D eigenvalue weighted by Crippen LogP contribution is -2.11. The maximum atomic E-state index is 12.1. The van der Waals surface area contributed by atoms with Gasteiger partial charge in [-0.15, -0.1) is 22.7 Å². The molecule has 6 nitrogen and oxygen atoms in total. The van der Waals surface area contributed by atoms with Crippen molar-refractivity contribution in [3.8, 4) is 0 Å². The van der Waals surface area contributed by atoms with Crippen molar-refractivity contribution in [2.75, 3.05) is 4.72 Å². The Labute approximate surface area is 123 Å². The average molecular weight is 330 g/mol. The molecule has 106 valence electrons. The van der Waals surface area contributed by atoms with Crippen molar-refractivity contribution in [3.05, 3.63) is 27.6 Å². The predicted molar refractivity (Wildman–Crippen MR) is 76.2 cm³/mol. The highest BCUT2D eigenvalue weighted by Crippen LogP contribution is 2.32. The van der Waals surface area contributed by atoms with Gasteiger partial charge in [0.1, 0.15) is 9.09 Å². The molecule has 0 saturated heterocycles. The van der Waals surface area contributed by atoms with E-state index in [-0.39, 0.29) is 9.09 Å². The summed E-state index contributed by atoms with van der Waals surface area (Å²) in [6, 6.07) is 2.57. The minimum atomic E-state index is -3.76. The van der Waals surface area contributed by atoms with Crippen molar-refractivity contribution < 1.29 is 18.3 Å². The first-order chi connectivity index (χ1) is 9.45. The number of carboxylic acids is 1. The molecule has 2 aromatic heterocycles. The zero-order valence-electron chi connectivity index (χ0n) is 10.1. The number of nitrogens with one attached hydrogen (secondary N) is 1. The third-order valence-corrected chi connectivity index (χ3v) is 6.98. The van der Waals surface area contributed by atoms with E-state index in [1.54, 1.807) is 0 Å². The summed E-state index contributed by atoms with van der Waals surface area (Å²) in [6.07, 6.45) is 2.89. The first-order valence-electron chi connectivity index (χ1n) is 5.80. The summed E-state index contributed by atoms with van der Waals surface area (Å²) < 4.78 is 26.7. The lowest BCUT2D eigenvalue weighted by atomic mass is 10.4. The number of aromatic carboxylic acids is 1. The van der Waals surface area contributed by atoms with E-state index in [0.29, 0.717) is 5.13 Å². The van der Waals surface area contributed by atoms with Crippen LogP contribution in [0.4, 0.5) is 5.13 Å². The molecular formula is C11H10N2O4S3. The van der Waals surface area contributed by atoms with Crippen LogP contribution >= 0.6 is 22.7 Å². The Bertz CT molecular complexity index is 754. The van der Waals surface area contributed by atoms with Gasteiger partial charge in [-0.2, -0.15) is 0 Å². The van der Waals surface area contributed by atoms with Gasteiger partial charge in [-0.3, -0.25) is 4.72 Å². The quantitative estimate of drug-likeness (QED) is 0.896. The summed E-state index contributed by atoms with van der Waals surface area (Å²) in [5, 5.41) is 9.16. The molecule has 0 spiro atoms. The van der Waals surface area contributed by atoms with Crippen LogP contribution in [0.25, 0.3) is 0 Å². The molecule has 0 radical (unpaired) electrons. The zero-order valence-corrected chi connectivity index (χ0v) is 12.6. The van der Waals surface area contributed by atoms with E-state index in [2.05, 4.69) is 9.71 Å². The Balaban J connectivity index is 1.85. The molecule has 9 heteroatoms. The summed E-state index contributed by atoms with van der Waals surface area (Å²) in [4.78, 5) is 16.2. The molecule has 0 saturated carbocycles. The van der Waals surface area contributed by atoms with E-state index in [1.807, 2.05) is 0 Å². The van der Waals surface area contributed by atoms with Crippen LogP contribution in [0.2, 0.25) is 0 Å². The van der Waals surface area contributed by atoms with Crippen LogP contribution in [0.15, 0.2) is 16.3 Å². The van der Waals surface area contributed by atoms with Crippen molar-refractivity contribution in [3.63, 3.8) is 0 Å². The van der Waals surface area contributed by atoms with Gasteiger partial charge in [0.05, 0.1) is 5.69 Å². The molecule has 3 rings (SSSR count). The number of rotatable bonds is 4. The standard InChI is InChI=1S/C11H10N2O4S3/c14-10(15)8-4-5-9(18-8)20(16,17)13-11-12-6-2-1-3-7(6)19-11/h4-5H,1-3H2,(H,12,13)(H,14,15). The lowest BCUT2D eigenvalue weighted by molar-refractivity contribution is 0.0702. The van der Waals surface area contributed by atoms with E-state index in [1.165, 1.54) is 23.5 Å². The van der Waals surface area contributed by atoms with E-state index in [4.69, 9.17) is 5.11 Å². The SMILES string of the molecule is O=C(O)c1ccc(S(=O)(=O)Nc2nc3c(s2)CCC3)s1. The summed E-state index contributed by atoms with van der Waals surface area (Å²) in [7, 11) is -3.76. The van der Waals surface area contributed by atoms with Crippen molar-refractivity contribution in [2.24, 2.45) is 0 Å². The number of thiazole rings is 1. The number of carbonyl (C=O) groups is 1. The molecule has 0 amide bonds. The minimum Gasteiger partial charge on any atom is -0.477 e. The molecule has 1 aliphatic carbocycles. The van der Waals surface area contributed by atoms with Gasteiger partial charge in [-0.25, -0.2) is 18.2 Å². The van der Waals surface area contributed by atoms with Gasteiger partial charge in [0.2, 0.25) is 0 Å². The average Bonchev–Trinajstić information content (AvgIpc) is 3.01. The van der Waals surface area contributed by atoms with E-state index < -0.39 is 16.0 Å². The molecule has 2 aromatic rings. The Kier molecular flexibility index (Phi) is 3.27. The van der Waals surface area contributed by atoms with E-state index in [0.717, 1.165) is 41.2 Å². The zero-order chi connectivity index (χ0) is 14.3. The molecule has 0 atom stereocenters. The summed E-state index contributed by atoms with van der Waals surface area (Å²) in [5.74, 6) is -1.13. The molecule has 2 heterocycles. The van der Waals surface area contributed by atoms with Crippen LogP contribution in [-0.2, 0) is 22.9 Å². The molecule has 0 aromatic carbocycles. The second-order valence-corrected chi connectivity index (χ2v) is 8.35. The number of nitrogens with zero attached hydrogens (tertiary/aromatic N) is 1. The Morgan fingerprint density at radius 3 is 2.75 bits per heavy atom. The topological polar surface area (TPSA) is 96.4 Å². The summed E-state index contributed by atoms with van der Waals surface area (Å²) >= 11 is 2.07. The van der Waals surface area contributed by atoms with Crippen LogP contribution in [0.5, 0.6) is 0 Å². The van der Waals surface area contributed by atoms with Crippen molar-refractivity contribution in [1.82, 2.24) is 4.98 Å². The normalized spacial score (nSPS) is 14.2. The van der Waals surface area contributed by atoms with Gasteiger partial charge in [-0.1, -0.05) is 0 Å². The molecule has 2 N–H and O–H groups in total. The first kappa shape index (κ1) is 13.5. The molecule has 0 bridgehead atoms. The number of thiophene rings is 1. The third-order valence-electron chi connectivity index (χ3n) is 2.87. The highest BCUT2D eigenvalue weighted by Gasteiger charge is 2.23. The van der Waals surface area contributed by atoms with E-state index >= 15 is 0 Å². The first-order valence-corrected chi connectivity index (χ1v) is 8.92. The number of aromatic nitrogens is 1. The van der Waals surface area contributed by atoms with Gasteiger partial charge in [-0.05, 0) is 31.4 Å². The molecule has 1 aliphatic rings. The molecular weight excluding hydrogens is 320 g/mol. The van der Waals surface area contributed by atoms with Crippen LogP contribution in [0.3, 0.4) is 0 Å². The number of hydrogen-bond acceptors (Lipinski definition) is 6. The third kappa shape index (κ3) is 2.43. The van der Waals surface area contributed by atoms with Gasteiger partial charge in [0, 0.05) is 4.88 Å². The Morgan fingerprint density at radius 1 is 1.30 bits per heavy atom. The van der Waals surface area contributed by atoms with Gasteiger partial charge < -0.3 is 5.11 Å². The number of fused-ring (bicyclic) bond motifs is 1. The fourth-order valence-electron chi connectivity index (χ4n) is 1.98. The van der Waals surface area contributed by atoms with Crippen LogP contribution in [-0.4, -0.2) is 24.5 Å². The predicted octanol–water partition coefficient (Wildman–Crippen LogP) is 2.19. The number of sulfonamides is 1. The van der Waals surface area contributed by atoms with Crippen LogP contribution in [0.1, 0.15) is 26.7 Å². The largest absolute Gasteiger partial charge is 0.477 e. The fraction of sp³-hybridized carbons (Fsp3) is 0.273. The van der Waals surface area contributed by atoms with Gasteiger partial charge in [0.15, 0.2) is 5.13 Å². The number of carboxylic acid groups (broad SMARTS) is 1. The van der Waals surface area contributed by atoms with Crippen molar-refractivity contribution in [1.29, 1.82) is 0 Å². The second kappa shape index (κ2) is 4.83. The monoisotopic (exact) mass is 330 g/mol. The Morgan fingerprint density at radius 2 is 2.10 bits per heavy atom.